The Labute approximate surface area is 204 Å². The molecule has 4 N–H and O–H groups in total. The minimum absolute atomic E-state index is 0.0151. The van der Waals surface area contributed by atoms with Gasteiger partial charge in [0.2, 0.25) is 5.95 Å². The van der Waals surface area contributed by atoms with E-state index in [1.807, 2.05) is 30.3 Å². The summed E-state index contributed by atoms with van der Waals surface area (Å²) in [5.41, 5.74) is 7.87. The van der Waals surface area contributed by atoms with Crippen molar-refractivity contribution < 1.29 is 0 Å². The maximum atomic E-state index is 13.8. The summed E-state index contributed by atoms with van der Waals surface area (Å²) in [5.74, 6) is 0.586. The van der Waals surface area contributed by atoms with Crippen LogP contribution in [0.5, 0.6) is 0 Å². The normalized spacial score (nSPS) is 11.8. The molecule has 172 valence electrons. The molecule has 3 heterocycles. The Morgan fingerprint density at radius 3 is 2.66 bits per heavy atom. The van der Waals surface area contributed by atoms with Gasteiger partial charge in [-0.15, -0.1) is 0 Å². The lowest BCUT2D eigenvalue weighted by Gasteiger charge is -2.24. The number of nitrogens with one attached hydrogen (secondary N) is 2. The lowest BCUT2D eigenvalue weighted by molar-refractivity contribution is 0.760. The van der Waals surface area contributed by atoms with Crippen LogP contribution < -0.4 is 16.6 Å². The molecular weight excluding hydrogens is 466 g/mol. The van der Waals surface area contributed by atoms with E-state index in [-0.39, 0.29) is 28.3 Å². The Morgan fingerprint density at radius 1 is 1.14 bits per heavy atom. The Balaban J connectivity index is 1.83. The van der Waals surface area contributed by atoms with Gasteiger partial charge in [-0.2, -0.15) is 15.3 Å². The summed E-state index contributed by atoms with van der Waals surface area (Å²) in [6.45, 7) is 1.68. The van der Waals surface area contributed by atoms with E-state index in [4.69, 9.17) is 22.3 Å². The molecule has 2 aromatic carbocycles. The molecule has 0 saturated heterocycles. The molecule has 0 spiro atoms. The van der Waals surface area contributed by atoms with Crippen LogP contribution >= 0.6 is 11.6 Å². The van der Waals surface area contributed by atoms with E-state index in [0.29, 0.717) is 27.7 Å². The molecule has 0 radical (unpaired) electrons. The zero-order valence-electron chi connectivity index (χ0n) is 18.4. The van der Waals surface area contributed by atoms with Crippen LogP contribution in [0.4, 0.5) is 11.8 Å². The van der Waals surface area contributed by atoms with Gasteiger partial charge >= 0.3 is 0 Å². The molecule has 5 aromatic rings. The van der Waals surface area contributed by atoms with Crippen molar-refractivity contribution in [1.29, 1.82) is 5.26 Å². The molecule has 10 nitrogen and oxygen atoms in total. The van der Waals surface area contributed by atoms with E-state index in [1.54, 1.807) is 31.3 Å². The average Bonchev–Trinajstić information content (AvgIpc) is 3.37. The number of aromatic amines is 1. The lowest BCUT2D eigenvalue weighted by Crippen LogP contribution is -2.29. The second-order valence-corrected chi connectivity index (χ2v) is 8.10. The number of aromatic nitrogens is 6. The van der Waals surface area contributed by atoms with Crippen LogP contribution in [-0.2, 0) is 0 Å². The number of nitrogens with two attached hydrogens (primary N) is 1. The zero-order valence-corrected chi connectivity index (χ0v) is 19.2. The summed E-state index contributed by atoms with van der Waals surface area (Å²) in [4.78, 5) is 27.0. The summed E-state index contributed by atoms with van der Waals surface area (Å²) < 4.78 is 1.44. The molecular formula is C24H18ClN9O. The van der Waals surface area contributed by atoms with Gasteiger partial charge in [-0.25, -0.2) is 9.97 Å². The van der Waals surface area contributed by atoms with Gasteiger partial charge in [-0.1, -0.05) is 48.0 Å². The van der Waals surface area contributed by atoms with Crippen LogP contribution in [0, 0.1) is 18.3 Å². The van der Waals surface area contributed by atoms with Gasteiger partial charge in [0, 0.05) is 6.20 Å². The van der Waals surface area contributed by atoms with Crippen LogP contribution in [0.25, 0.3) is 16.6 Å². The molecule has 0 fully saturated rings. The van der Waals surface area contributed by atoms with Crippen LogP contribution in [-0.4, -0.2) is 29.7 Å². The predicted octanol–water partition coefficient (Wildman–Crippen LogP) is 3.52. The van der Waals surface area contributed by atoms with Crippen molar-refractivity contribution in [2.24, 2.45) is 0 Å². The number of hydrogen-bond donors (Lipinski definition) is 3. The number of hydrogen-bond acceptors (Lipinski definition) is 8. The van der Waals surface area contributed by atoms with Crippen molar-refractivity contribution in [2.75, 3.05) is 11.1 Å². The van der Waals surface area contributed by atoms with Crippen molar-refractivity contribution in [2.45, 2.75) is 13.0 Å². The average molecular weight is 484 g/mol. The first-order chi connectivity index (χ1) is 17.0. The second kappa shape index (κ2) is 8.89. The highest BCUT2D eigenvalue weighted by Crippen LogP contribution is 2.30. The van der Waals surface area contributed by atoms with E-state index in [1.165, 1.54) is 10.8 Å². The van der Waals surface area contributed by atoms with Gasteiger partial charge in [0.25, 0.3) is 5.56 Å². The molecule has 5 rings (SSSR count). The standard InChI is InChI=1S/C24H18ClN9O/c1-13-16(10-26)21(33-24(27)30-13)32-20(14-6-3-2-4-7-14)22-31-18-9-5-8-17(25)19(18)23(35)34(22)15-11-28-29-12-15/h2-9,11-12,20H,1H3,(H,28,29)(H3,27,30,32,33)/t20-/m0/s1. The number of halogens is 1. The van der Waals surface area contributed by atoms with E-state index in [9.17, 15) is 10.1 Å². The SMILES string of the molecule is Cc1nc(N)nc(N[C@@H](c2ccccc2)c2nc3cccc(Cl)c3c(=O)n2-c2cn[nH]c2)c1C#N. The minimum atomic E-state index is -0.706. The highest BCUT2D eigenvalue weighted by atomic mass is 35.5. The van der Waals surface area contributed by atoms with Crippen molar-refractivity contribution in [3.05, 3.63) is 98.9 Å². The number of anilines is 2. The molecule has 0 bridgehead atoms. The Morgan fingerprint density at radius 2 is 1.94 bits per heavy atom. The predicted molar refractivity (Wildman–Crippen MR) is 132 cm³/mol. The number of nitrogens with zero attached hydrogens (tertiary/aromatic N) is 6. The van der Waals surface area contributed by atoms with Crippen LogP contribution in [0.2, 0.25) is 5.02 Å². The van der Waals surface area contributed by atoms with Crippen LogP contribution in [0.1, 0.15) is 28.7 Å². The van der Waals surface area contributed by atoms with E-state index >= 15 is 0 Å². The Bertz CT molecular complexity index is 1640. The highest BCUT2D eigenvalue weighted by molar-refractivity contribution is 6.35. The lowest BCUT2D eigenvalue weighted by atomic mass is 10.0. The van der Waals surface area contributed by atoms with Gasteiger partial charge in [0.1, 0.15) is 23.5 Å². The quantitative estimate of drug-likeness (QED) is 0.343. The van der Waals surface area contributed by atoms with Crippen molar-refractivity contribution in [3.8, 4) is 11.8 Å². The van der Waals surface area contributed by atoms with Crippen LogP contribution in [0.15, 0.2) is 65.7 Å². The third-order valence-electron chi connectivity index (χ3n) is 5.51. The van der Waals surface area contributed by atoms with E-state index < -0.39 is 6.04 Å². The number of rotatable bonds is 5. The Kier molecular flexibility index (Phi) is 5.60. The summed E-state index contributed by atoms with van der Waals surface area (Å²) >= 11 is 6.39. The maximum absolute atomic E-state index is 13.8. The number of aryl methyl sites for hydroxylation is 1. The minimum Gasteiger partial charge on any atom is -0.368 e. The van der Waals surface area contributed by atoms with Gasteiger partial charge in [-0.05, 0) is 24.6 Å². The fourth-order valence-corrected chi connectivity index (χ4v) is 4.18. The van der Waals surface area contributed by atoms with Gasteiger partial charge in [-0.3, -0.25) is 14.5 Å². The summed E-state index contributed by atoms with van der Waals surface area (Å²) in [5, 5.41) is 20.4. The molecule has 0 aliphatic rings. The Hall–Kier alpha value is -4.75. The molecule has 35 heavy (non-hydrogen) atoms. The van der Waals surface area contributed by atoms with Gasteiger partial charge in [0.15, 0.2) is 5.82 Å². The van der Waals surface area contributed by atoms with E-state index in [2.05, 4.69) is 31.6 Å². The number of fused-ring (bicyclic) bond motifs is 1. The molecule has 0 saturated carbocycles. The molecule has 3 aromatic heterocycles. The molecule has 11 heteroatoms. The first-order valence-corrected chi connectivity index (χ1v) is 10.9. The van der Waals surface area contributed by atoms with Gasteiger partial charge in [0.05, 0.1) is 33.5 Å². The number of benzene rings is 2. The zero-order chi connectivity index (χ0) is 24.5. The van der Waals surface area contributed by atoms with Crippen molar-refractivity contribution in [1.82, 2.24) is 29.7 Å². The fourth-order valence-electron chi connectivity index (χ4n) is 3.93. The molecule has 0 unspecified atom stereocenters. The molecule has 1 atom stereocenters. The summed E-state index contributed by atoms with van der Waals surface area (Å²) in [6.07, 6.45) is 3.11. The van der Waals surface area contributed by atoms with Crippen molar-refractivity contribution >= 4 is 34.3 Å². The van der Waals surface area contributed by atoms with E-state index in [0.717, 1.165) is 5.56 Å². The third kappa shape index (κ3) is 3.94. The first-order valence-electron chi connectivity index (χ1n) is 10.5. The number of nitrogen functional groups attached to an aromatic ring is 1. The first kappa shape index (κ1) is 22.1. The number of H-pyrrole nitrogens is 1. The highest BCUT2D eigenvalue weighted by Gasteiger charge is 2.26. The summed E-state index contributed by atoms with van der Waals surface area (Å²) in [6, 6.07) is 15.9. The van der Waals surface area contributed by atoms with Gasteiger partial charge < -0.3 is 11.1 Å². The molecule has 0 amide bonds. The summed E-state index contributed by atoms with van der Waals surface area (Å²) in [7, 11) is 0. The smallest absolute Gasteiger partial charge is 0.267 e. The second-order valence-electron chi connectivity index (χ2n) is 7.69. The topological polar surface area (TPSA) is 151 Å². The number of nitriles is 1. The monoisotopic (exact) mass is 483 g/mol. The third-order valence-corrected chi connectivity index (χ3v) is 5.82. The van der Waals surface area contributed by atoms with Crippen molar-refractivity contribution in [3.63, 3.8) is 0 Å². The largest absolute Gasteiger partial charge is 0.368 e. The maximum Gasteiger partial charge on any atom is 0.267 e. The fraction of sp³-hybridized carbons (Fsp3) is 0.0833. The van der Waals surface area contributed by atoms with Crippen LogP contribution in [0.3, 0.4) is 0 Å². The molecule has 0 aliphatic heterocycles. The molecule has 0 aliphatic carbocycles.